The van der Waals surface area contributed by atoms with E-state index in [1.165, 1.54) is 19.3 Å². The summed E-state index contributed by atoms with van der Waals surface area (Å²) in [5.74, 6) is 3.17. The molecule has 0 radical (unpaired) electrons. The van der Waals surface area contributed by atoms with Gasteiger partial charge in [-0.1, -0.05) is 50.6 Å². The molecule has 1 heterocycles. The second kappa shape index (κ2) is 14.4. The van der Waals surface area contributed by atoms with E-state index in [-0.39, 0.29) is 36.0 Å². The number of hydrogen-bond donors (Lipinski definition) is 4. The summed E-state index contributed by atoms with van der Waals surface area (Å²) < 4.78 is 0.951. The predicted octanol–water partition coefficient (Wildman–Crippen LogP) is 7.43. The van der Waals surface area contributed by atoms with Crippen molar-refractivity contribution >= 4 is 34.8 Å². The summed E-state index contributed by atoms with van der Waals surface area (Å²) in [7, 11) is 1.76. The van der Waals surface area contributed by atoms with Crippen molar-refractivity contribution in [1.82, 2.24) is 5.32 Å². The molecule has 4 N–H and O–H groups in total. The van der Waals surface area contributed by atoms with Gasteiger partial charge in [-0.3, -0.25) is 4.79 Å². The lowest BCUT2D eigenvalue weighted by molar-refractivity contribution is -0.439. The topological polar surface area (TPSA) is 128 Å². The fraction of sp³-hybridized carbons (Fsp3) is 0.625. The van der Waals surface area contributed by atoms with Crippen LogP contribution in [0.25, 0.3) is 0 Å². The molecule has 9 heteroatoms. The van der Waals surface area contributed by atoms with Gasteiger partial charge in [-0.2, -0.15) is 4.74 Å². The van der Waals surface area contributed by atoms with Crippen LogP contribution in [0.4, 0.5) is 5.69 Å². The third-order valence-corrected chi connectivity index (χ3v) is 13.9. The molecule has 8 nitrogen and oxygen atoms in total. The Morgan fingerprint density at radius 1 is 1.06 bits per heavy atom. The number of nitrogens with zero attached hydrogens (tertiary/aromatic N) is 2. The van der Waals surface area contributed by atoms with Gasteiger partial charge in [0, 0.05) is 24.1 Å². The zero-order valence-corrected chi connectivity index (χ0v) is 30.2. The summed E-state index contributed by atoms with van der Waals surface area (Å²) in [6.07, 6.45) is 9.26. The monoisotopic (exact) mass is 691 g/mol. The summed E-state index contributed by atoms with van der Waals surface area (Å²) in [4.78, 5) is 15.6. The van der Waals surface area contributed by atoms with Crippen LogP contribution in [0.15, 0.2) is 53.5 Å². The molecule has 2 aromatic carbocycles. The van der Waals surface area contributed by atoms with Crippen LogP contribution in [0.3, 0.4) is 0 Å². The molecule has 0 amide bonds. The normalized spacial score (nSPS) is 35.7. The first-order chi connectivity index (χ1) is 23.4. The molecule has 0 spiro atoms. The first-order valence-corrected chi connectivity index (χ1v) is 18.7. The first-order valence-electron chi connectivity index (χ1n) is 18.4. The number of carbonyl (C=O) groups is 1. The van der Waals surface area contributed by atoms with E-state index in [1.54, 1.807) is 19.2 Å². The first kappa shape index (κ1) is 35.9. The smallest absolute Gasteiger partial charge is 0.303 e. The molecule has 0 bridgehead atoms. The number of carboxylic acids is 1. The highest BCUT2D eigenvalue weighted by molar-refractivity contribution is 6.31. The molecule has 0 saturated heterocycles. The Kier molecular flexibility index (Phi) is 10.5. The van der Waals surface area contributed by atoms with E-state index in [2.05, 4.69) is 31.1 Å². The molecule has 7 rings (SSSR count). The molecule has 4 aliphatic carbocycles. The van der Waals surface area contributed by atoms with Gasteiger partial charge in [-0.15, -0.1) is 0 Å². The van der Waals surface area contributed by atoms with Crippen molar-refractivity contribution < 1.29 is 24.9 Å². The number of aliphatic hydroxyl groups excluding tert-OH is 2. The van der Waals surface area contributed by atoms with E-state index in [0.717, 1.165) is 60.1 Å². The molecule has 0 aromatic heterocycles. The van der Waals surface area contributed by atoms with Crippen LogP contribution < -0.4 is 5.32 Å². The lowest BCUT2D eigenvalue weighted by atomic mass is 9.43. The molecule has 5 aliphatic rings. The summed E-state index contributed by atoms with van der Waals surface area (Å²) in [5, 5.41) is 46.9. The highest BCUT2D eigenvalue weighted by Crippen LogP contribution is 2.68. The van der Waals surface area contributed by atoms with Crippen LogP contribution in [-0.4, -0.2) is 63.4 Å². The SMILES string of the molecule is CNC1=Nc2ccc(Cl)cc2C(c2ccccc2)=[N+]([O-])C1.C[C@H](CCC(=O)O)[C@H]1CCC2C3CC[C@@H]4C[C@H](O)CC[C@]4(C)C3C[C@H](O)[C@@]21C. The fourth-order valence-corrected chi connectivity index (χ4v) is 11.2. The number of aliphatic hydroxyl groups is 2. The number of rotatable bonds is 5. The molecular formula is C40H54ClN3O5. The molecule has 10 atom stereocenters. The Morgan fingerprint density at radius 3 is 2.53 bits per heavy atom. The molecule has 1 aliphatic heterocycles. The van der Waals surface area contributed by atoms with Crippen LogP contribution >= 0.6 is 11.6 Å². The maximum absolute atomic E-state index is 12.6. The van der Waals surface area contributed by atoms with E-state index in [0.29, 0.717) is 52.1 Å². The van der Waals surface area contributed by atoms with Gasteiger partial charge in [0.1, 0.15) is 0 Å². The fourth-order valence-electron chi connectivity index (χ4n) is 11.1. The zero-order chi connectivity index (χ0) is 35.1. The number of aliphatic imine (C=N–C) groups is 1. The number of benzene rings is 2. The standard InChI is InChI=1S/C24H40O4.C16H14ClN3O/c1-14(4-9-22(27)28)18-7-8-19-17-6-5-15-12-16(25)10-11-23(15,2)20(17)13-21(26)24(18,19)3;1-18-15-10-20(21)16(11-5-3-2-4-6-11)13-9-12(17)7-8-14(13)19-15/h14-21,25-26H,4-13H2,1-3H3,(H,27,28);2-9H,10H2,1H3,(H,18,19)/t14-,15-,16-,17?,18-,19?,20?,21+,23+,24-;/m1./s1. The van der Waals surface area contributed by atoms with Crippen LogP contribution in [0.5, 0.6) is 0 Å². The van der Waals surface area contributed by atoms with Crippen LogP contribution in [0, 0.1) is 51.5 Å². The third kappa shape index (κ3) is 6.77. The van der Waals surface area contributed by atoms with Gasteiger partial charge in [0.25, 0.3) is 0 Å². The zero-order valence-electron chi connectivity index (χ0n) is 29.4. The Balaban J connectivity index is 0.000000177. The predicted molar refractivity (Wildman–Crippen MR) is 194 cm³/mol. The highest BCUT2D eigenvalue weighted by Gasteiger charge is 2.63. The second-order valence-electron chi connectivity index (χ2n) is 16.0. The number of hydroxylamine groups is 1. The van der Waals surface area contributed by atoms with Crippen molar-refractivity contribution in [2.75, 3.05) is 13.6 Å². The maximum Gasteiger partial charge on any atom is 0.303 e. The third-order valence-electron chi connectivity index (χ3n) is 13.7. The van der Waals surface area contributed by atoms with E-state index in [4.69, 9.17) is 16.7 Å². The Hall–Kier alpha value is -2.94. The molecular weight excluding hydrogens is 638 g/mol. The summed E-state index contributed by atoms with van der Waals surface area (Å²) in [5.41, 5.74) is 3.13. The van der Waals surface area contributed by atoms with Gasteiger partial charge in [0.2, 0.25) is 12.3 Å². The van der Waals surface area contributed by atoms with Gasteiger partial charge in [-0.05, 0) is 134 Å². The van der Waals surface area contributed by atoms with Crippen molar-refractivity contribution in [3.8, 4) is 0 Å². The Labute approximate surface area is 296 Å². The number of hydrogen-bond acceptors (Lipinski definition) is 6. The Bertz CT molecular complexity index is 1580. The molecule has 3 unspecified atom stereocenters. The van der Waals surface area contributed by atoms with Gasteiger partial charge >= 0.3 is 5.97 Å². The van der Waals surface area contributed by atoms with Crippen LogP contribution in [-0.2, 0) is 4.79 Å². The number of likely N-dealkylation sites (N-methyl/N-ethyl adjacent to an activating group) is 1. The average molecular weight is 692 g/mol. The lowest BCUT2D eigenvalue weighted by Gasteiger charge is -2.62. The molecule has 49 heavy (non-hydrogen) atoms. The quantitative estimate of drug-likeness (QED) is 0.191. The van der Waals surface area contributed by atoms with Gasteiger partial charge in [0.15, 0.2) is 5.84 Å². The van der Waals surface area contributed by atoms with E-state index < -0.39 is 5.97 Å². The molecule has 266 valence electrons. The summed E-state index contributed by atoms with van der Waals surface area (Å²) in [6.45, 7) is 7.16. The minimum atomic E-state index is -0.707. The van der Waals surface area contributed by atoms with Crippen LogP contribution in [0.2, 0.25) is 5.02 Å². The summed E-state index contributed by atoms with van der Waals surface area (Å²) >= 11 is 6.10. The largest absolute Gasteiger partial charge is 0.623 e. The Morgan fingerprint density at radius 2 is 1.82 bits per heavy atom. The van der Waals surface area contributed by atoms with E-state index in [1.807, 2.05) is 36.4 Å². The van der Waals surface area contributed by atoms with Gasteiger partial charge < -0.3 is 25.8 Å². The highest BCUT2D eigenvalue weighted by atomic mass is 35.5. The second-order valence-corrected chi connectivity index (χ2v) is 16.5. The number of nitrogens with one attached hydrogen (secondary N) is 1. The summed E-state index contributed by atoms with van der Waals surface area (Å²) in [6, 6.07) is 15.0. The minimum absolute atomic E-state index is 0.0591. The molecule has 4 saturated carbocycles. The van der Waals surface area contributed by atoms with Gasteiger partial charge in [-0.25, -0.2) is 4.99 Å². The van der Waals surface area contributed by atoms with E-state index in [9.17, 15) is 20.2 Å². The number of fused-ring (bicyclic) bond motifs is 6. The van der Waals surface area contributed by atoms with Crippen LogP contribution in [0.1, 0.15) is 96.1 Å². The lowest BCUT2D eigenvalue weighted by Crippen LogP contribution is -2.58. The van der Waals surface area contributed by atoms with Crippen molar-refractivity contribution in [2.24, 2.45) is 51.3 Å². The van der Waals surface area contributed by atoms with Crippen molar-refractivity contribution in [2.45, 2.75) is 97.2 Å². The number of amidine groups is 1. The number of carboxylic acid groups (broad SMARTS) is 1. The van der Waals surface area contributed by atoms with E-state index >= 15 is 0 Å². The molecule has 2 aromatic rings. The van der Waals surface area contributed by atoms with Gasteiger partial charge in [0.05, 0.1) is 23.5 Å². The average Bonchev–Trinajstić information content (AvgIpc) is 3.37. The van der Waals surface area contributed by atoms with Crippen molar-refractivity contribution in [1.29, 1.82) is 0 Å². The molecule has 4 fully saturated rings. The van der Waals surface area contributed by atoms with Crippen molar-refractivity contribution in [3.05, 3.63) is 69.9 Å². The minimum Gasteiger partial charge on any atom is -0.623 e. The maximum atomic E-state index is 12.6. The van der Waals surface area contributed by atoms with Crippen molar-refractivity contribution in [3.63, 3.8) is 0 Å². The number of halogens is 1. The number of aliphatic carboxylic acids is 1.